The number of nitrogens with zero attached hydrogens (tertiary/aromatic N) is 1. The average molecular weight is 296 g/mol. The van der Waals surface area contributed by atoms with Crippen molar-refractivity contribution in [3.05, 3.63) is 42.1 Å². The maximum atomic E-state index is 12.4. The molecule has 2 N–H and O–H groups in total. The van der Waals surface area contributed by atoms with E-state index in [0.717, 1.165) is 0 Å². The van der Waals surface area contributed by atoms with Crippen molar-refractivity contribution in [2.45, 2.75) is 25.3 Å². The number of hydrogen-bond donors (Lipinski definition) is 2. The molecule has 0 aliphatic heterocycles. The molecule has 0 aliphatic rings. The number of fused-ring (bicyclic) bond motifs is 1. The van der Waals surface area contributed by atoms with Crippen LogP contribution in [0.4, 0.5) is 0 Å². The maximum Gasteiger partial charge on any atom is 0.326 e. The van der Waals surface area contributed by atoms with Gasteiger partial charge in [0.25, 0.3) is 5.91 Å². The minimum Gasteiger partial charge on any atom is -0.480 e. The molecule has 0 fully saturated rings. The van der Waals surface area contributed by atoms with Crippen LogP contribution in [-0.4, -0.2) is 28.0 Å². The Morgan fingerprint density at radius 3 is 2.82 bits per heavy atom. The van der Waals surface area contributed by atoms with Gasteiger partial charge in [-0.25, -0.2) is 4.79 Å². The highest BCUT2D eigenvalue weighted by Gasteiger charge is 2.21. The van der Waals surface area contributed by atoms with Gasteiger partial charge in [-0.2, -0.15) is 0 Å². The Balaban J connectivity index is 2.19. The van der Waals surface area contributed by atoms with Crippen LogP contribution in [0, 0.1) is 12.3 Å². The molecule has 22 heavy (non-hydrogen) atoms. The number of pyridine rings is 1. The van der Waals surface area contributed by atoms with E-state index in [4.69, 9.17) is 6.42 Å². The zero-order valence-electron chi connectivity index (χ0n) is 12.0. The van der Waals surface area contributed by atoms with Crippen LogP contribution in [0.5, 0.6) is 0 Å². The first-order valence-electron chi connectivity index (χ1n) is 6.94. The average Bonchev–Trinajstić information content (AvgIpc) is 2.53. The summed E-state index contributed by atoms with van der Waals surface area (Å²) in [5, 5.41) is 12.4. The van der Waals surface area contributed by atoms with Gasteiger partial charge in [0, 0.05) is 18.0 Å². The van der Waals surface area contributed by atoms with Gasteiger partial charge in [-0.05, 0) is 25.0 Å². The topological polar surface area (TPSA) is 79.3 Å². The fourth-order valence-corrected chi connectivity index (χ4v) is 2.20. The van der Waals surface area contributed by atoms with Crippen LogP contribution in [0.3, 0.4) is 0 Å². The van der Waals surface area contributed by atoms with Gasteiger partial charge in [-0.1, -0.05) is 18.2 Å². The van der Waals surface area contributed by atoms with E-state index in [9.17, 15) is 14.7 Å². The first kappa shape index (κ1) is 15.5. The molecule has 2 rings (SSSR count). The highest BCUT2D eigenvalue weighted by Crippen LogP contribution is 2.16. The molecular formula is C17H16N2O3. The van der Waals surface area contributed by atoms with E-state index in [1.807, 2.05) is 12.1 Å². The van der Waals surface area contributed by atoms with Gasteiger partial charge in [0.1, 0.15) is 6.04 Å². The molecule has 0 saturated heterocycles. The number of nitrogens with one attached hydrogen (secondary N) is 1. The van der Waals surface area contributed by atoms with Crippen molar-refractivity contribution >= 4 is 22.8 Å². The number of carbonyl (C=O) groups is 2. The molecule has 1 heterocycles. The molecule has 0 bridgehead atoms. The van der Waals surface area contributed by atoms with Gasteiger partial charge < -0.3 is 10.4 Å². The number of amides is 1. The van der Waals surface area contributed by atoms with Crippen molar-refractivity contribution in [2.24, 2.45) is 0 Å². The SMILES string of the molecule is C#CCCC[C@@H](NC(=O)c1ccnc2ccccc12)C(=O)O. The summed E-state index contributed by atoms with van der Waals surface area (Å²) < 4.78 is 0. The van der Waals surface area contributed by atoms with Crippen molar-refractivity contribution in [1.29, 1.82) is 0 Å². The minimum atomic E-state index is -1.07. The number of carboxylic acids is 1. The Hall–Kier alpha value is -2.87. The van der Waals surface area contributed by atoms with Gasteiger partial charge >= 0.3 is 5.97 Å². The van der Waals surface area contributed by atoms with Crippen molar-refractivity contribution in [1.82, 2.24) is 10.3 Å². The number of benzene rings is 1. The van der Waals surface area contributed by atoms with Crippen molar-refractivity contribution in [2.75, 3.05) is 0 Å². The summed E-state index contributed by atoms with van der Waals surface area (Å²) in [5.41, 5.74) is 1.10. The molecule has 0 radical (unpaired) electrons. The van der Waals surface area contributed by atoms with Crippen LogP contribution in [-0.2, 0) is 4.79 Å². The van der Waals surface area contributed by atoms with Crippen molar-refractivity contribution < 1.29 is 14.7 Å². The summed E-state index contributed by atoms with van der Waals surface area (Å²) in [5.74, 6) is 0.967. The molecule has 0 saturated carbocycles. The summed E-state index contributed by atoms with van der Waals surface area (Å²) in [6.45, 7) is 0. The molecule has 1 amide bonds. The fourth-order valence-electron chi connectivity index (χ4n) is 2.20. The largest absolute Gasteiger partial charge is 0.480 e. The van der Waals surface area contributed by atoms with Crippen LogP contribution in [0.25, 0.3) is 10.9 Å². The molecular weight excluding hydrogens is 280 g/mol. The fraction of sp³-hybridized carbons (Fsp3) is 0.235. The maximum absolute atomic E-state index is 12.4. The first-order valence-corrected chi connectivity index (χ1v) is 6.94. The Labute approximate surface area is 128 Å². The number of para-hydroxylation sites is 1. The number of carbonyl (C=O) groups excluding carboxylic acids is 1. The van der Waals surface area contributed by atoms with Crippen molar-refractivity contribution in [3.8, 4) is 12.3 Å². The lowest BCUT2D eigenvalue weighted by Crippen LogP contribution is -2.40. The lowest BCUT2D eigenvalue weighted by atomic mass is 10.1. The standard InChI is InChI=1S/C17H16N2O3/c1-2-3-4-9-15(17(21)22)19-16(20)13-10-11-18-14-8-6-5-7-12(13)14/h1,5-8,10-11,15H,3-4,9H2,(H,19,20)(H,21,22)/t15-/m1/s1. The van der Waals surface area contributed by atoms with Crippen LogP contribution in [0.1, 0.15) is 29.6 Å². The predicted molar refractivity (Wildman–Crippen MR) is 83.3 cm³/mol. The van der Waals surface area contributed by atoms with Gasteiger partial charge in [-0.15, -0.1) is 12.3 Å². The number of rotatable bonds is 6. The zero-order chi connectivity index (χ0) is 15.9. The van der Waals surface area contributed by atoms with Gasteiger partial charge in [0.2, 0.25) is 0 Å². The Morgan fingerprint density at radius 2 is 2.09 bits per heavy atom. The second kappa shape index (κ2) is 7.23. The van der Waals surface area contributed by atoms with Crippen LogP contribution >= 0.6 is 0 Å². The molecule has 1 aromatic carbocycles. The second-order valence-corrected chi connectivity index (χ2v) is 4.84. The molecule has 112 valence electrons. The number of aromatic nitrogens is 1. The highest BCUT2D eigenvalue weighted by atomic mass is 16.4. The van der Waals surface area contributed by atoms with Gasteiger partial charge in [-0.3, -0.25) is 9.78 Å². The number of carboxylic acid groups (broad SMARTS) is 1. The van der Waals surface area contributed by atoms with E-state index in [1.165, 1.54) is 6.20 Å². The van der Waals surface area contributed by atoms with E-state index in [-0.39, 0.29) is 0 Å². The third-order valence-electron chi connectivity index (χ3n) is 3.31. The number of hydrogen-bond acceptors (Lipinski definition) is 3. The first-order chi connectivity index (χ1) is 10.6. The molecule has 5 heteroatoms. The molecule has 1 aromatic heterocycles. The molecule has 5 nitrogen and oxygen atoms in total. The lowest BCUT2D eigenvalue weighted by Gasteiger charge is -2.14. The molecule has 0 unspecified atom stereocenters. The van der Waals surface area contributed by atoms with Gasteiger partial charge in [0.15, 0.2) is 0 Å². The minimum absolute atomic E-state index is 0.300. The Kier molecular flexibility index (Phi) is 5.10. The molecule has 2 aromatic rings. The van der Waals surface area contributed by atoms with Crippen LogP contribution in [0.15, 0.2) is 36.5 Å². The smallest absolute Gasteiger partial charge is 0.326 e. The summed E-state index contributed by atoms with van der Waals surface area (Å²) in [4.78, 5) is 27.8. The molecule has 0 spiro atoms. The molecule has 1 atom stereocenters. The number of aliphatic carboxylic acids is 1. The monoisotopic (exact) mass is 296 g/mol. The number of unbranched alkanes of at least 4 members (excludes halogenated alkanes) is 1. The highest BCUT2D eigenvalue weighted by molar-refractivity contribution is 6.06. The van der Waals surface area contributed by atoms with E-state index in [2.05, 4.69) is 16.2 Å². The second-order valence-electron chi connectivity index (χ2n) is 4.84. The van der Waals surface area contributed by atoms with Gasteiger partial charge in [0.05, 0.1) is 11.1 Å². The van der Waals surface area contributed by atoms with E-state index in [0.29, 0.717) is 35.7 Å². The summed E-state index contributed by atoms with van der Waals surface area (Å²) >= 11 is 0. The molecule has 0 aliphatic carbocycles. The summed E-state index contributed by atoms with van der Waals surface area (Å²) in [7, 11) is 0. The van der Waals surface area contributed by atoms with Crippen LogP contribution in [0.2, 0.25) is 0 Å². The van der Waals surface area contributed by atoms with E-state index in [1.54, 1.807) is 18.2 Å². The third kappa shape index (κ3) is 3.61. The van der Waals surface area contributed by atoms with E-state index < -0.39 is 17.9 Å². The Bertz CT molecular complexity index is 729. The normalized spacial score (nSPS) is 11.6. The lowest BCUT2D eigenvalue weighted by molar-refractivity contribution is -0.139. The predicted octanol–water partition coefficient (Wildman–Crippen LogP) is 2.22. The Morgan fingerprint density at radius 1 is 1.32 bits per heavy atom. The van der Waals surface area contributed by atoms with Crippen molar-refractivity contribution in [3.63, 3.8) is 0 Å². The summed E-state index contributed by atoms with van der Waals surface area (Å²) in [6.07, 6.45) is 8.02. The van der Waals surface area contributed by atoms with Crippen LogP contribution < -0.4 is 5.32 Å². The third-order valence-corrected chi connectivity index (χ3v) is 3.31. The zero-order valence-corrected chi connectivity index (χ0v) is 12.0. The quantitative estimate of drug-likeness (QED) is 0.633. The number of terminal acetylenes is 1. The summed E-state index contributed by atoms with van der Waals surface area (Å²) in [6, 6.07) is 7.85. The van der Waals surface area contributed by atoms with E-state index >= 15 is 0 Å².